The Kier molecular flexibility index (Phi) is 4.10. The maximum atomic E-state index is 2.35. The molecule has 0 aromatic rings. The van der Waals surface area contributed by atoms with E-state index in [9.17, 15) is 0 Å². The minimum atomic E-state index is 0.642. The SMILES string of the molecule is C1CSC2(CC3CCCC2CC32SCCCS2)SC1. The highest BCUT2D eigenvalue weighted by molar-refractivity contribution is 8.19. The molecule has 19 heavy (non-hydrogen) atoms. The Morgan fingerprint density at radius 2 is 1.00 bits per heavy atom. The van der Waals surface area contributed by atoms with Gasteiger partial charge in [0.2, 0.25) is 0 Å². The summed E-state index contributed by atoms with van der Waals surface area (Å²) in [5, 5.41) is 0. The summed E-state index contributed by atoms with van der Waals surface area (Å²) in [5.41, 5.74) is 0. The Balaban J connectivity index is 1.62. The third-order valence-electron chi connectivity index (χ3n) is 5.37. The minimum absolute atomic E-state index is 0.642. The highest BCUT2D eigenvalue weighted by atomic mass is 32.2. The van der Waals surface area contributed by atoms with Gasteiger partial charge in [-0.05, 0) is 73.4 Å². The van der Waals surface area contributed by atoms with E-state index in [0.29, 0.717) is 8.16 Å². The van der Waals surface area contributed by atoms with Crippen LogP contribution >= 0.6 is 47.0 Å². The Morgan fingerprint density at radius 3 is 1.42 bits per heavy atom. The van der Waals surface area contributed by atoms with Gasteiger partial charge in [0.15, 0.2) is 0 Å². The summed E-state index contributed by atoms with van der Waals surface area (Å²) in [6, 6.07) is 0. The van der Waals surface area contributed by atoms with Gasteiger partial charge in [0.25, 0.3) is 0 Å². The topological polar surface area (TPSA) is 0 Å². The molecule has 5 fully saturated rings. The molecule has 2 heterocycles. The molecule has 0 radical (unpaired) electrons. The Bertz CT molecular complexity index is 299. The number of fused-ring (bicyclic) bond motifs is 2. The van der Waals surface area contributed by atoms with Gasteiger partial charge >= 0.3 is 0 Å². The van der Waals surface area contributed by atoms with E-state index >= 15 is 0 Å². The average molecular weight is 333 g/mol. The van der Waals surface area contributed by atoms with Gasteiger partial charge in [-0.25, -0.2) is 0 Å². The van der Waals surface area contributed by atoms with Gasteiger partial charge in [0, 0.05) is 0 Å². The van der Waals surface area contributed by atoms with Gasteiger partial charge < -0.3 is 0 Å². The first-order valence-electron chi connectivity index (χ1n) is 7.89. The molecular weight excluding hydrogens is 308 g/mol. The molecule has 0 N–H and O–H groups in total. The molecule has 0 aromatic carbocycles. The second-order valence-electron chi connectivity index (χ2n) is 6.46. The van der Waals surface area contributed by atoms with Crippen LogP contribution in [-0.2, 0) is 0 Å². The van der Waals surface area contributed by atoms with Crippen molar-refractivity contribution in [3.05, 3.63) is 0 Å². The van der Waals surface area contributed by atoms with Crippen molar-refractivity contribution < 1.29 is 0 Å². The Morgan fingerprint density at radius 1 is 0.579 bits per heavy atom. The quantitative estimate of drug-likeness (QED) is 0.588. The van der Waals surface area contributed by atoms with E-state index in [-0.39, 0.29) is 0 Å². The third-order valence-corrected chi connectivity index (χ3v) is 12.7. The summed E-state index contributed by atoms with van der Waals surface area (Å²) in [7, 11) is 0. The molecule has 2 saturated heterocycles. The second-order valence-corrected chi connectivity index (χ2v) is 12.7. The van der Waals surface area contributed by atoms with E-state index in [1.807, 2.05) is 0 Å². The lowest BCUT2D eigenvalue weighted by molar-refractivity contribution is 0.288. The van der Waals surface area contributed by atoms with Crippen LogP contribution in [0.3, 0.4) is 0 Å². The van der Waals surface area contributed by atoms with Crippen molar-refractivity contribution in [3.63, 3.8) is 0 Å². The zero-order valence-corrected chi connectivity index (χ0v) is 14.8. The van der Waals surface area contributed by atoms with Crippen LogP contribution in [0.4, 0.5) is 0 Å². The lowest BCUT2D eigenvalue weighted by Crippen LogP contribution is -2.49. The summed E-state index contributed by atoms with van der Waals surface area (Å²) < 4.78 is 1.28. The number of thioether (sulfide) groups is 4. The lowest BCUT2D eigenvalue weighted by Gasteiger charge is -2.55. The van der Waals surface area contributed by atoms with E-state index < -0.39 is 0 Å². The second kappa shape index (κ2) is 5.55. The van der Waals surface area contributed by atoms with Crippen molar-refractivity contribution in [1.82, 2.24) is 0 Å². The largest absolute Gasteiger partial charge is 0.144 e. The van der Waals surface area contributed by atoms with Gasteiger partial charge in [0.05, 0.1) is 8.16 Å². The van der Waals surface area contributed by atoms with Crippen LogP contribution in [0.5, 0.6) is 0 Å². The third kappa shape index (κ3) is 2.41. The first kappa shape index (κ1) is 14.0. The van der Waals surface area contributed by atoms with Crippen molar-refractivity contribution in [2.24, 2.45) is 11.8 Å². The van der Waals surface area contributed by atoms with E-state index in [0.717, 1.165) is 11.8 Å². The standard InChI is InChI=1S/C15H24S4/c1-4-12-11-15(18-8-3-9-19-15)13(5-1)10-14(12)16-6-2-7-17-14/h12-13H,1-11H2. The van der Waals surface area contributed by atoms with Crippen LogP contribution in [0.2, 0.25) is 0 Å². The molecule has 108 valence electrons. The van der Waals surface area contributed by atoms with Gasteiger partial charge in [-0.3, -0.25) is 0 Å². The van der Waals surface area contributed by atoms with Crippen LogP contribution in [0.15, 0.2) is 0 Å². The number of hydrogen-bond donors (Lipinski definition) is 0. The maximum Gasteiger partial charge on any atom is 0.0643 e. The summed E-state index contributed by atoms with van der Waals surface area (Å²) >= 11 is 9.42. The van der Waals surface area contributed by atoms with Crippen molar-refractivity contribution in [1.29, 1.82) is 0 Å². The van der Waals surface area contributed by atoms with Crippen molar-refractivity contribution in [3.8, 4) is 0 Å². The first-order chi connectivity index (χ1) is 9.33. The van der Waals surface area contributed by atoms with E-state index in [1.165, 1.54) is 68.0 Å². The zero-order chi connectivity index (χ0) is 12.8. The molecule has 0 aromatic heterocycles. The fourth-order valence-electron chi connectivity index (χ4n) is 4.47. The average Bonchev–Trinajstić information content (AvgIpc) is 2.72. The summed E-state index contributed by atoms with van der Waals surface area (Å²) in [6.07, 6.45) is 10.5. The molecule has 2 bridgehead atoms. The summed E-state index contributed by atoms with van der Waals surface area (Å²) in [5.74, 6) is 7.76. The van der Waals surface area contributed by atoms with Gasteiger partial charge in [0.1, 0.15) is 0 Å². The van der Waals surface area contributed by atoms with Crippen LogP contribution in [0.25, 0.3) is 0 Å². The molecule has 3 saturated carbocycles. The molecule has 3 aliphatic carbocycles. The van der Waals surface area contributed by atoms with Crippen LogP contribution in [0, 0.1) is 11.8 Å². The molecule has 4 heteroatoms. The molecule has 0 nitrogen and oxygen atoms in total. The van der Waals surface area contributed by atoms with Crippen LogP contribution in [-0.4, -0.2) is 31.2 Å². The maximum absolute atomic E-state index is 2.35. The summed E-state index contributed by atoms with van der Waals surface area (Å²) in [6.45, 7) is 0. The Labute approximate surface area is 134 Å². The predicted molar refractivity (Wildman–Crippen MR) is 94.6 cm³/mol. The fourth-order valence-corrected chi connectivity index (χ4v) is 12.1. The van der Waals surface area contributed by atoms with Gasteiger partial charge in [-0.1, -0.05) is 6.42 Å². The minimum Gasteiger partial charge on any atom is -0.144 e. The lowest BCUT2D eigenvalue weighted by atomic mass is 9.82. The van der Waals surface area contributed by atoms with Crippen molar-refractivity contribution >= 4 is 47.0 Å². The smallest absolute Gasteiger partial charge is 0.0643 e. The highest BCUT2D eigenvalue weighted by Gasteiger charge is 2.57. The molecule has 2 aliphatic heterocycles. The van der Waals surface area contributed by atoms with Crippen molar-refractivity contribution in [2.75, 3.05) is 23.0 Å². The zero-order valence-electron chi connectivity index (χ0n) is 11.6. The monoisotopic (exact) mass is 332 g/mol. The van der Waals surface area contributed by atoms with E-state index in [1.54, 1.807) is 0 Å². The van der Waals surface area contributed by atoms with Crippen LogP contribution in [0.1, 0.15) is 44.9 Å². The Hall–Kier alpha value is 1.40. The van der Waals surface area contributed by atoms with E-state index in [4.69, 9.17) is 0 Å². The van der Waals surface area contributed by atoms with Crippen molar-refractivity contribution in [2.45, 2.75) is 53.1 Å². The van der Waals surface area contributed by atoms with Gasteiger partial charge in [-0.15, -0.1) is 47.0 Å². The predicted octanol–water partition coefficient (Wildman–Crippen LogP) is 5.33. The number of rotatable bonds is 0. The molecule has 0 amide bonds. The molecular formula is C15H24S4. The highest BCUT2D eigenvalue weighted by Crippen LogP contribution is 2.67. The normalized spacial score (nSPS) is 40.4. The van der Waals surface area contributed by atoms with Gasteiger partial charge in [-0.2, -0.15) is 0 Å². The fraction of sp³-hybridized carbons (Fsp3) is 1.00. The summed E-state index contributed by atoms with van der Waals surface area (Å²) in [4.78, 5) is 0. The molecule has 2 unspecified atom stereocenters. The molecule has 5 rings (SSSR count). The molecule has 5 aliphatic rings. The van der Waals surface area contributed by atoms with E-state index in [2.05, 4.69) is 47.0 Å². The molecule has 2 spiro atoms. The number of hydrogen-bond acceptors (Lipinski definition) is 4. The van der Waals surface area contributed by atoms with Crippen LogP contribution < -0.4 is 0 Å². The molecule has 2 atom stereocenters. The first-order valence-corrected chi connectivity index (χ1v) is 11.8.